The molecule has 0 unspecified atom stereocenters. The predicted octanol–water partition coefficient (Wildman–Crippen LogP) is 3.03. The van der Waals surface area contributed by atoms with Gasteiger partial charge in [0, 0.05) is 6.07 Å². The summed E-state index contributed by atoms with van der Waals surface area (Å²) in [6, 6.07) is 0.480. The van der Waals surface area contributed by atoms with Crippen LogP contribution in [0.4, 0.5) is 17.6 Å². The maximum absolute atomic E-state index is 12.9. The highest BCUT2D eigenvalue weighted by atomic mass is 19.2. The van der Waals surface area contributed by atoms with Gasteiger partial charge in [0.1, 0.15) is 0 Å². The zero-order chi connectivity index (χ0) is 10.9. The highest BCUT2D eigenvalue weighted by molar-refractivity contribution is 5.27. The molecule has 1 nitrogen and oxygen atoms in total. The molecule has 1 aromatic carbocycles. The van der Waals surface area contributed by atoms with Crippen molar-refractivity contribution in [2.24, 2.45) is 0 Å². The third-order valence-corrected chi connectivity index (χ3v) is 1.43. The standard InChI is InChI=1S/C9H8F4O/c1-4(2)14-6-3-5(10)7(11)9(13)8(6)12/h3-4H,1-2H3. The van der Waals surface area contributed by atoms with Gasteiger partial charge in [0.15, 0.2) is 17.4 Å². The van der Waals surface area contributed by atoms with Gasteiger partial charge in [-0.05, 0) is 13.8 Å². The Hall–Kier alpha value is -1.26. The highest BCUT2D eigenvalue weighted by Gasteiger charge is 2.20. The molecule has 0 aromatic heterocycles. The fourth-order valence-corrected chi connectivity index (χ4v) is 0.891. The Morgan fingerprint density at radius 2 is 1.57 bits per heavy atom. The lowest BCUT2D eigenvalue weighted by Gasteiger charge is -2.11. The summed E-state index contributed by atoms with van der Waals surface area (Å²) in [5.41, 5.74) is 0. The Balaban J connectivity index is 3.19. The van der Waals surface area contributed by atoms with Crippen LogP contribution in [0.15, 0.2) is 6.07 Å². The molecule has 0 aliphatic carbocycles. The number of halogens is 4. The molecule has 0 heterocycles. The van der Waals surface area contributed by atoms with Gasteiger partial charge in [-0.3, -0.25) is 0 Å². The van der Waals surface area contributed by atoms with E-state index in [4.69, 9.17) is 4.74 Å². The maximum atomic E-state index is 12.9. The normalized spacial score (nSPS) is 10.8. The van der Waals surface area contributed by atoms with Gasteiger partial charge >= 0.3 is 0 Å². The summed E-state index contributed by atoms with van der Waals surface area (Å²) < 4.78 is 55.3. The van der Waals surface area contributed by atoms with E-state index in [2.05, 4.69) is 0 Å². The lowest BCUT2D eigenvalue weighted by molar-refractivity contribution is 0.223. The molecule has 0 saturated heterocycles. The molecule has 5 heteroatoms. The van der Waals surface area contributed by atoms with E-state index >= 15 is 0 Å². The molecule has 78 valence electrons. The molecule has 0 aliphatic rings. The monoisotopic (exact) mass is 208 g/mol. The van der Waals surface area contributed by atoms with E-state index < -0.39 is 35.1 Å². The Morgan fingerprint density at radius 3 is 2.07 bits per heavy atom. The Morgan fingerprint density at radius 1 is 1.00 bits per heavy atom. The second-order valence-electron chi connectivity index (χ2n) is 2.97. The van der Waals surface area contributed by atoms with Crippen molar-refractivity contribution >= 4 is 0 Å². The van der Waals surface area contributed by atoms with Crippen LogP contribution in [0.5, 0.6) is 5.75 Å². The van der Waals surface area contributed by atoms with E-state index in [1.54, 1.807) is 13.8 Å². The molecular weight excluding hydrogens is 200 g/mol. The van der Waals surface area contributed by atoms with Crippen molar-refractivity contribution in [1.82, 2.24) is 0 Å². The number of benzene rings is 1. The Kier molecular flexibility index (Phi) is 2.98. The lowest BCUT2D eigenvalue weighted by atomic mass is 10.3. The number of rotatable bonds is 2. The van der Waals surface area contributed by atoms with Crippen LogP contribution in [0.1, 0.15) is 13.8 Å². The highest BCUT2D eigenvalue weighted by Crippen LogP contribution is 2.25. The van der Waals surface area contributed by atoms with Crippen LogP contribution in [0.25, 0.3) is 0 Å². The quantitative estimate of drug-likeness (QED) is 0.412. The second-order valence-corrected chi connectivity index (χ2v) is 2.97. The van der Waals surface area contributed by atoms with Crippen molar-refractivity contribution in [3.63, 3.8) is 0 Å². The minimum Gasteiger partial charge on any atom is -0.488 e. The van der Waals surface area contributed by atoms with Crippen LogP contribution in [-0.4, -0.2) is 6.10 Å². The fraction of sp³-hybridized carbons (Fsp3) is 0.333. The zero-order valence-electron chi connectivity index (χ0n) is 7.57. The third-order valence-electron chi connectivity index (χ3n) is 1.43. The van der Waals surface area contributed by atoms with E-state index in [9.17, 15) is 17.6 Å². The Bertz CT molecular complexity index is 349. The van der Waals surface area contributed by atoms with Crippen LogP contribution in [0, 0.1) is 23.3 Å². The molecule has 0 fully saturated rings. The summed E-state index contributed by atoms with van der Waals surface area (Å²) in [5, 5.41) is 0. The van der Waals surface area contributed by atoms with Gasteiger partial charge in [-0.15, -0.1) is 0 Å². The van der Waals surface area contributed by atoms with Crippen molar-refractivity contribution in [3.8, 4) is 5.75 Å². The largest absolute Gasteiger partial charge is 0.488 e. The first-order chi connectivity index (χ1) is 6.43. The summed E-state index contributed by atoms with van der Waals surface area (Å²) in [5.74, 6) is -7.31. The fourth-order valence-electron chi connectivity index (χ4n) is 0.891. The second kappa shape index (κ2) is 3.86. The van der Waals surface area contributed by atoms with E-state index in [-0.39, 0.29) is 0 Å². The van der Waals surface area contributed by atoms with E-state index in [1.165, 1.54) is 0 Å². The average molecular weight is 208 g/mol. The molecule has 0 bridgehead atoms. The van der Waals surface area contributed by atoms with Crippen molar-refractivity contribution < 1.29 is 22.3 Å². The lowest BCUT2D eigenvalue weighted by Crippen LogP contribution is -2.09. The van der Waals surface area contributed by atoms with E-state index in [1.807, 2.05) is 0 Å². The molecular formula is C9H8F4O. The number of hydrogen-bond donors (Lipinski definition) is 0. The summed E-state index contributed by atoms with van der Waals surface area (Å²) >= 11 is 0. The average Bonchev–Trinajstić information content (AvgIpc) is 2.10. The minimum absolute atomic E-state index is 0.450. The summed E-state index contributed by atoms with van der Waals surface area (Å²) in [6.45, 7) is 3.11. The molecule has 1 aromatic rings. The number of ether oxygens (including phenoxy) is 1. The SMILES string of the molecule is CC(C)Oc1cc(F)c(F)c(F)c1F. The predicted molar refractivity (Wildman–Crippen MR) is 42.0 cm³/mol. The van der Waals surface area contributed by atoms with Gasteiger partial charge in [-0.25, -0.2) is 13.2 Å². The number of hydrogen-bond acceptors (Lipinski definition) is 1. The molecule has 0 atom stereocenters. The first kappa shape index (κ1) is 10.8. The summed E-state index contributed by atoms with van der Waals surface area (Å²) in [4.78, 5) is 0. The minimum atomic E-state index is -1.86. The van der Waals surface area contributed by atoms with Gasteiger partial charge in [-0.1, -0.05) is 0 Å². The van der Waals surface area contributed by atoms with Crippen molar-refractivity contribution in [3.05, 3.63) is 29.3 Å². The molecule has 0 saturated carbocycles. The zero-order valence-corrected chi connectivity index (χ0v) is 7.57. The van der Waals surface area contributed by atoms with E-state index in [0.29, 0.717) is 6.07 Å². The topological polar surface area (TPSA) is 9.23 Å². The van der Waals surface area contributed by atoms with Crippen LogP contribution >= 0.6 is 0 Å². The molecule has 0 N–H and O–H groups in total. The maximum Gasteiger partial charge on any atom is 0.203 e. The first-order valence-electron chi connectivity index (χ1n) is 3.93. The van der Waals surface area contributed by atoms with E-state index in [0.717, 1.165) is 0 Å². The van der Waals surface area contributed by atoms with Crippen LogP contribution < -0.4 is 4.74 Å². The third kappa shape index (κ3) is 1.97. The van der Waals surface area contributed by atoms with Gasteiger partial charge in [0.25, 0.3) is 0 Å². The molecule has 0 spiro atoms. The van der Waals surface area contributed by atoms with Crippen LogP contribution in [0.3, 0.4) is 0 Å². The van der Waals surface area contributed by atoms with Crippen molar-refractivity contribution in [2.45, 2.75) is 20.0 Å². The molecule has 0 amide bonds. The van der Waals surface area contributed by atoms with Gasteiger partial charge in [-0.2, -0.15) is 4.39 Å². The first-order valence-corrected chi connectivity index (χ1v) is 3.93. The van der Waals surface area contributed by atoms with Gasteiger partial charge < -0.3 is 4.74 Å². The molecule has 1 rings (SSSR count). The Labute approximate surface area is 78.3 Å². The smallest absolute Gasteiger partial charge is 0.203 e. The van der Waals surface area contributed by atoms with Crippen LogP contribution in [0.2, 0.25) is 0 Å². The summed E-state index contributed by atoms with van der Waals surface area (Å²) in [6.07, 6.45) is -0.450. The van der Waals surface area contributed by atoms with Crippen molar-refractivity contribution in [1.29, 1.82) is 0 Å². The van der Waals surface area contributed by atoms with Crippen LogP contribution in [-0.2, 0) is 0 Å². The molecule has 0 aliphatic heterocycles. The van der Waals surface area contributed by atoms with Gasteiger partial charge in [0.05, 0.1) is 6.10 Å². The van der Waals surface area contributed by atoms with Gasteiger partial charge in [0.2, 0.25) is 11.6 Å². The summed E-state index contributed by atoms with van der Waals surface area (Å²) in [7, 11) is 0. The molecule has 0 radical (unpaired) electrons. The molecule has 14 heavy (non-hydrogen) atoms. The van der Waals surface area contributed by atoms with Crippen molar-refractivity contribution in [2.75, 3.05) is 0 Å².